The fraction of sp³-hybridized carbons (Fsp3) is 0.727. The molecule has 0 aromatic carbocycles. The van der Waals surface area contributed by atoms with Gasteiger partial charge in [0.15, 0.2) is 0 Å². The number of carbonyl (C=O) groups is 3. The molecule has 7 nitrogen and oxygen atoms in total. The van der Waals surface area contributed by atoms with E-state index < -0.39 is 11.9 Å². The summed E-state index contributed by atoms with van der Waals surface area (Å²) in [7, 11) is 1.54. The third kappa shape index (κ3) is 7.48. The van der Waals surface area contributed by atoms with Crippen molar-refractivity contribution in [2.75, 3.05) is 20.1 Å². The van der Waals surface area contributed by atoms with Crippen molar-refractivity contribution in [3.63, 3.8) is 0 Å². The van der Waals surface area contributed by atoms with E-state index in [1.54, 1.807) is 6.92 Å². The summed E-state index contributed by atoms with van der Waals surface area (Å²) in [5, 5.41) is 11.4. The minimum atomic E-state index is -0.934. The molecule has 0 aromatic heterocycles. The third-order valence-corrected chi connectivity index (χ3v) is 2.44. The van der Waals surface area contributed by atoms with Gasteiger partial charge in [0.1, 0.15) is 0 Å². The first-order valence-electron chi connectivity index (χ1n) is 5.84. The third-order valence-electron chi connectivity index (χ3n) is 2.44. The molecular formula is C11H21N3O4. The molecule has 1 unspecified atom stereocenters. The standard InChI is InChI=1S/C11H21N3O4/c1-8(10(16)17)7-14(2)11(18)13-6-4-3-5-9(12)15/h8H,3-7H2,1-2H3,(H2,12,15)(H,13,18)(H,16,17). The lowest BCUT2D eigenvalue weighted by Gasteiger charge is -2.19. The minimum Gasteiger partial charge on any atom is -0.481 e. The monoisotopic (exact) mass is 259 g/mol. The zero-order valence-electron chi connectivity index (χ0n) is 10.8. The highest BCUT2D eigenvalue weighted by Gasteiger charge is 2.16. The van der Waals surface area contributed by atoms with Crippen molar-refractivity contribution >= 4 is 17.9 Å². The number of hydrogen-bond donors (Lipinski definition) is 3. The van der Waals surface area contributed by atoms with E-state index in [0.29, 0.717) is 25.8 Å². The Morgan fingerprint density at radius 1 is 1.33 bits per heavy atom. The molecule has 104 valence electrons. The lowest BCUT2D eigenvalue weighted by Crippen LogP contribution is -2.41. The van der Waals surface area contributed by atoms with Crippen LogP contribution >= 0.6 is 0 Å². The number of aliphatic carboxylic acids is 1. The summed E-state index contributed by atoms with van der Waals surface area (Å²) in [5.41, 5.74) is 4.98. The van der Waals surface area contributed by atoms with E-state index in [1.807, 2.05) is 0 Å². The van der Waals surface area contributed by atoms with Crippen LogP contribution in [0, 0.1) is 5.92 Å². The molecule has 0 aliphatic rings. The Morgan fingerprint density at radius 3 is 2.44 bits per heavy atom. The van der Waals surface area contributed by atoms with Crippen molar-refractivity contribution in [3.8, 4) is 0 Å². The molecule has 0 radical (unpaired) electrons. The van der Waals surface area contributed by atoms with E-state index in [-0.39, 0.29) is 18.5 Å². The van der Waals surface area contributed by atoms with Crippen molar-refractivity contribution in [2.45, 2.75) is 26.2 Å². The van der Waals surface area contributed by atoms with Gasteiger partial charge in [-0.15, -0.1) is 0 Å². The number of hydrogen-bond acceptors (Lipinski definition) is 3. The van der Waals surface area contributed by atoms with Crippen LogP contribution in [0.15, 0.2) is 0 Å². The van der Waals surface area contributed by atoms with Crippen LogP contribution in [-0.2, 0) is 9.59 Å². The Bertz CT molecular complexity index is 307. The maximum atomic E-state index is 11.5. The maximum Gasteiger partial charge on any atom is 0.317 e. The molecule has 0 heterocycles. The molecule has 0 spiro atoms. The number of carboxylic acids is 1. The average molecular weight is 259 g/mol. The average Bonchev–Trinajstić information content (AvgIpc) is 2.27. The van der Waals surface area contributed by atoms with Gasteiger partial charge >= 0.3 is 12.0 Å². The highest BCUT2D eigenvalue weighted by atomic mass is 16.4. The molecule has 4 N–H and O–H groups in total. The molecule has 0 aliphatic carbocycles. The zero-order chi connectivity index (χ0) is 14.1. The Morgan fingerprint density at radius 2 is 1.94 bits per heavy atom. The molecule has 0 fully saturated rings. The number of nitrogens with two attached hydrogens (primary N) is 1. The number of carbonyl (C=O) groups excluding carboxylic acids is 2. The number of primary amides is 1. The quantitative estimate of drug-likeness (QED) is 0.532. The van der Waals surface area contributed by atoms with Crippen molar-refractivity contribution < 1.29 is 19.5 Å². The van der Waals surface area contributed by atoms with Gasteiger partial charge in [-0.05, 0) is 12.8 Å². The summed E-state index contributed by atoms with van der Waals surface area (Å²) < 4.78 is 0. The summed E-state index contributed by atoms with van der Waals surface area (Å²) >= 11 is 0. The predicted molar refractivity (Wildman–Crippen MR) is 65.9 cm³/mol. The van der Waals surface area contributed by atoms with Crippen LogP contribution in [0.4, 0.5) is 4.79 Å². The van der Waals surface area contributed by atoms with Gasteiger partial charge < -0.3 is 21.1 Å². The Labute approximate surface area is 106 Å². The first kappa shape index (κ1) is 16.2. The van der Waals surface area contributed by atoms with Crippen LogP contribution in [0.2, 0.25) is 0 Å². The van der Waals surface area contributed by atoms with Crippen LogP contribution in [0.25, 0.3) is 0 Å². The van der Waals surface area contributed by atoms with Gasteiger partial charge in [-0.1, -0.05) is 6.92 Å². The van der Waals surface area contributed by atoms with Crippen molar-refractivity contribution in [2.24, 2.45) is 11.7 Å². The Kier molecular flexibility index (Phi) is 7.50. The minimum absolute atomic E-state index is 0.155. The Balaban J connectivity index is 3.74. The van der Waals surface area contributed by atoms with Gasteiger partial charge in [-0.2, -0.15) is 0 Å². The fourth-order valence-electron chi connectivity index (χ4n) is 1.33. The lowest BCUT2D eigenvalue weighted by atomic mass is 10.2. The second-order valence-electron chi connectivity index (χ2n) is 4.28. The van der Waals surface area contributed by atoms with Gasteiger partial charge in [-0.25, -0.2) is 4.79 Å². The van der Waals surface area contributed by atoms with Crippen molar-refractivity contribution in [1.82, 2.24) is 10.2 Å². The molecule has 18 heavy (non-hydrogen) atoms. The first-order valence-corrected chi connectivity index (χ1v) is 5.84. The molecule has 0 aromatic rings. The van der Waals surface area contributed by atoms with Gasteiger partial charge in [0.25, 0.3) is 0 Å². The molecule has 0 rings (SSSR count). The molecule has 1 atom stereocenters. The largest absolute Gasteiger partial charge is 0.481 e. The fourth-order valence-corrected chi connectivity index (χ4v) is 1.33. The summed E-state index contributed by atoms with van der Waals surface area (Å²) in [6.45, 7) is 2.14. The molecule has 0 aliphatic heterocycles. The number of urea groups is 1. The second-order valence-corrected chi connectivity index (χ2v) is 4.28. The van der Waals surface area contributed by atoms with E-state index in [9.17, 15) is 14.4 Å². The van der Waals surface area contributed by atoms with Crippen LogP contribution < -0.4 is 11.1 Å². The van der Waals surface area contributed by atoms with Crippen LogP contribution in [0.3, 0.4) is 0 Å². The maximum absolute atomic E-state index is 11.5. The molecular weight excluding hydrogens is 238 g/mol. The Hall–Kier alpha value is -1.79. The topological polar surface area (TPSA) is 113 Å². The van der Waals surface area contributed by atoms with E-state index in [4.69, 9.17) is 10.8 Å². The summed E-state index contributed by atoms with van der Waals surface area (Å²) in [5.74, 6) is -1.89. The zero-order valence-corrected chi connectivity index (χ0v) is 10.8. The second kappa shape index (κ2) is 8.32. The summed E-state index contributed by atoms with van der Waals surface area (Å²) in [6.07, 6.45) is 1.60. The van der Waals surface area contributed by atoms with Crippen LogP contribution in [-0.4, -0.2) is 48.1 Å². The molecule has 0 saturated heterocycles. The number of rotatable bonds is 8. The van der Waals surface area contributed by atoms with E-state index in [0.717, 1.165) is 0 Å². The van der Waals surface area contributed by atoms with Gasteiger partial charge in [0, 0.05) is 26.6 Å². The van der Waals surface area contributed by atoms with Crippen LogP contribution in [0.1, 0.15) is 26.2 Å². The number of amides is 3. The first-order chi connectivity index (χ1) is 8.34. The number of carboxylic acid groups (broad SMARTS) is 1. The molecule has 0 bridgehead atoms. The van der Waals surface area contributed by atoms with Crippen molar-refractivity contribution in [1.29, 1.82) is 0 Å². The molecule has 7 heteroatoms. The normalized spacial score (nSPS) is 11.7. The van der Waals surface area contributed by atoms with Gasteiger partial charge in [0.05, 0.1) is 5.92 Å². The van der Waals surface area contributed by atoms with Crippen LogP contribution in [0.5, 0.6) is 0 Å². The van der Waals surface area contributed by atoms with E-state index in [2.05, 4.69) is 5.32 Å². The predicted octanol–water partition coefficient (Wildman–Crippen LogP) is 0.00410. The summed E-state index contributed by atoms with van der Waals surface area (Å²) in [4.78, 5) is 33.9. The van der Waals surface area contributed by atoms with Crippen molar-refractivity contribution in [3.05, 3.63) is 0 Å². The van der Waals surface area contributed by atoms with E-state index in [1.165, 1.54) is 11.9 Å². The molecule has 0 saturated carbocycles. The number of nitrogens with zero attached hydrogens (tertiary/aromatic N) is 1. The number of nitrogens with one attached hydrogen (secondary N) is 1. The highest BCUT2D eigenvalue weighted by molar-refractivity contribution is 5.75. The smallest absolute Gasteiger partial charge is 0.317 e. The number of unbranched alkanes of at least 4 members (excludes halogenated alkanes) is 1. The van der Waals surface area contributed by atoms with Gasteiger partial charge in [-0.3, -0.25) is 9.59 Å². The van der Waals surface area contributed by atoms with Gasteiger partial charge in [0.2, 0.25) is 5.91 Å². The lowest BCUT2D eigenvalue weighted by molar-refractivity contribution is -0.141. The molecule has 3 amide bonds. The van der Waals surface area contributed by atoms with E-state index >= 15 is 0 Å². The highest BCUT2D eigenvalue weighted by Crippen LogP contribution is 1.99. The summed E-state index contributed by atoms with van der Waals surface area (Å²) in [6, 6.07) is -0.317. The SMILES string of the molecule is CC(CN(C)C(=O)NCCCCC(N)=O)C(=O)O.